The molecule has 0 spiro atoms. The lowest BCUT2D eigenvalue weighted by Crippen LogP contribution is -2.50. The Kier molecular flexibility index (Phi) is 4.97. The van der Waals surface area contributed by atoms with Crippen LogP contribution in [0.1, 0.15) is 23.9 Å². The first-order valence-corrected chi connectivity index (χ1v) is 6.93. The molecule has 1 aromatic heterocycles. The second-order valence-corrected chi connectivity index (χ2v) is 4.87. The summed E-state index contributed by atoms with van der Waals surface area (Å²) in [4.78, 5) is 38.2. The predicted octanol–water partition coefficient (Wildman–Crippen LogP) is 0.0902. The van der Waals surface area contributed by atoms with Crippen molar-refractivity contribution < 1.29 is 18.8 Å². The van der Waals surface area contributed by atoms with Crippen LogP contribution >= 0.6 is 0 Å². The first kappa shape index (κ1) is 15.1. The largest absolute Gasteiger partial charge is 0.459 e. The van der Waals surface area contributed by atoms with Crippen LogP contribution in [-0.2, 0) is 9.59 Å². The van der Waals surface area contributed by atoms with E-state index in [1.807, 2.05) is 0 Å². The van der Waals surface area contributed by atoms with Crippen molar-refractivity contribution in [3.8, 4) is 0 Å². The molecule has 2 rings (SSSR count). The molecule has 3 amide bonds. The quantitative estimate of drug-likeness (QED) is 0.853. The minimum atomic E-state index is -0.325. The van der Waals surface area contributed by atoms with Gasteiger partial charge in [-0.3, -0.25) is 14.4 Å². The normalized spacial score (nSPS) is 14.9. The number of nitrogens with zero attached hydrogens (tertiary/aromatic N) is 2. The van der Waals surface area contributed by atoms with Crippen LogP contribution < -0.4 is 5.32 Å². The molecule has 1 N–H and O–H groups in total. The lowest BCUT2D eigenvalue weighted by molar-refractivity contribution is -0.138. The van der Waals surface area contributed by atoms with Gasteiger partial charge in [-0.15, -0.1) is 0 Å². The van der Waals surface area contributed by atoms with Gasteiger partial charge in [0.2, 0.25) is 11.8 Å². The fourth-order valence-corrected chi connectivity index (χ4v) is 2.21. The van der Waals surface area contributed by atoms with Gasteiger partial charge in [-0.05, 0) is 12.1 Å². The maximum Gasteiger partial charge on any atom is 0.286 e. The zero-order chi connectivity index (χ0) is 15.2. The standard InChI is InChI=1S/C14H19N3O4/c1-11(18)16-6-8-17(9-7-16)13(19)4-5-15-14(20)12-3-2-10-21-12/h2-3,10H,4-9H2,1H3,(H,15,20). The summed E-state index contributed by atoms with van der Waals surface area (Å²) in [5.74, 6) is -0.0718. The van der Waals surface area contributed by atoms with Crippen molar-refractivity contribution in [3.05, 3.63) is 24.2 Å². The monoisotopic (exact) mass is 293 g/mol. The van der Waals surface area contributed by atoms with Crippen molar-refractivity contribution in [3.63, 3.8) is 0 Å². The van der Waals surface area contributed by atoms with Crippen molar-refractivity contribution >= 4 is 17.7 Å². The van der Waals surface area contributed by atoms with Crippen LogP contribution in [0.5, 0.6) is 0 Å². The number of amides is 3. The molecule has 0 aromatic carbocycles. The van der Waals surface area contributed by atoms with Gasteiger partial charge < -0.3 is 19.5 Å². The second kappa shape index (κ2) is 6.92. The summed E-state index contributed by atoms with van der Waals surface area (Å²) in [6.07, 6.45) is 1.67. The average molecular weight is 293 g/mol. The molecule has 2 heterocycles. The van der Waals surface area contributed by atoms with Crippen LogP contribution in [0.25, 0.3) is 0 Å². The smallest absolute Gasteiger partial charge is 0.286 e. The molecule has 1 aliphatic rings. The van der Waals surface area contributed by atoms with E-state index >= 15 is 0 Å². The molecule has 0 atom stereocenters. The molecule has 114 valence electrons. The Labute approximate surface area is 122 Å². The Morgan fingerprint density at radius 1 is 1.19 bits per heavy atom. The summed E-state index contributed by atoms with van der Waals surface area (Å²) in [6.45, 7) is 4.03. The first-order valence-electron chi connectivity index (χ1n) is 6.93. The second-order valence-electron chi connectivity index (χ2n) is 4.87. The third kappa shape index (κ3) is 4.08. The molecule has 0 aliphatic carbocycles. The number of carbonyl (C=O) groups excluding carboxylic acids is 3. The lowest BCUT2D eigenvalue weighted by atomic mass is 10.2. The Bertz CT molecular complexity index is 504. The summed E-state index contributed by atoms with van der Waals surface area (Å²) in [5, 5.41) is 2.64. The van der Waals surface area contributed by atoms with Gasteiger partial charge in [0.25, 0.3) is 5.91 Å². The van der Waals surface area contributed by atoms with Crippen LogP contribution in [-0.4, -0.2) is 60.2 Å². The van der Waals surface area contributed by atoms with Crippen molar-refractivity contribution in [2.45, 2.75) is 13.3 Å². The van der Waals surface area contributed by atoms with E-state index in [9.17, 15) is 14.4 Å². The number of rotatable bonds is 4. The summed E-state index contributed by atoms with van der Waals surface area (Å²) in [5.41, 5.74) is 0. The molecule has 0 radical (unpaired) electrons. The molecule has 1 aliphatic heterocycles. The van der Waals surface area contributed by atoms with Crippen molar-refractivity contribution in [2.24, 2.45) is 0 Å². The lowest BCUT2D eigenvalue weighted by Gasteiger charge is -2.34. The highest BCUT2D eigenvalue weighted by Gasteiger charge is 2.22. The SMILES string of the molecule is CC(=O)N1CCN(C(=O)CCNC(=O)c2ccco2)CC1. The number of carbonyl (C=O) groups is 3. The van der Waals surface area contributed by atoms with E-state index in [1.54, 1.807) is 21.9 Å². The number of hydrogen-bond acceptors (Lipinski definition) is 4. The summed E-state index contributed by atoms with van der Waals surface area (Å²) < 4.78 is 4.96. The van der Waals surface area contributed by atoms with Crippen LogP contribution in [0, 0.1) is 0 Å². The summed E-state index contributed by atoms with van der Waals surface area (Å²) in [7, 11) is 0. The molecule has 21 heavy (non-hydrogen) atoms. The highest BCUT2D eigenvalue weighted by molar-refractivity contribution is 5.91. The van der Waals surface area contributed by atoms with E-state index in [4.69, 9.17) is 4.42 Å². The van der Waals surface area contributed by atoms with Gasteiger partial charge >= 0.3 is 0 Å². The number of hydrogen-bond donors (Lipinski definition) is 1. The van der Waals surface area contributed by atoms with Crippen molar-refractivity contribution in [2.75, 3.05) is 32.7 Å². The minimum Gasteiger partial charge on any atom is -0.459 e. The van der Waals surface area contributed by atoms with Gasteiger partial charge in [-0.25, -0.2) is 0 Å². The third-order valence-electron chi connectivity index (χ3n) is 3.45. The van der Waals surface area contributed by atoms with E-state index in [0.717, 1.165) is 0 Å². The highest BCUT2D eigenvalue weighted by atomic mass is 16.3. The van der Waals surface area contributed by atoms with Crippen LogP contribution in [0.3, 0.4) is 0 Å². The van der Waals surface area contributed by atoms with Crippen LogP contribution in [0.4, 0.5) is 0 Å². The van der Waals surface area contributed by atoms with E-state index < -0.39 is 0 Å². The van der Waals surface area contributed by atoms with Crippen LogP contribution in [0.15, 0.2) is 22.8 Å². The van der Waals surface area contributed by atoms with Crippen molar-refractivity contribution in [1.29, 1.82) is 0 Å². The Morgan fingerprint density at radius 3 is 2.43 bits per heavy atom. The Hall–Kier alpha value is -2.31. The Morgan fingerprint density at radius 2 is 1.86 bits per heavy atom. The van der Waals surface area contributed by atoms with Gasteiger partial charge in [0, 0.05) is 46.1 Å². The average Bonchev–Trinajstić information content (AvgIpc) is 3.01. The highest BCUT2D eigenvalue weighted by Crippen LogP contribution is 2.04. The molecule has 1 fully saturated rings. The topological polar surface area (TPSA) is 82.9 Å². The number of piperazine rings is 1. The van der Waals surface area contributed by atoms with Gasteiger partial charge in [0.05, 0.1) is 6.26 Å². The van der Waals surface area contributed by atoms with Gasteiger partial charge in [-0.2, -0.15) is 0 Å². The predicted molar refractivity (Wildman–Crippen MR) is 74.5 cm³/mol. The fourth-order valence-electron chi connectivity index (χ4n) is 2.21. The molecule has 1 saturated heterocycles. The molecule has 1 aromatic rings. The molecule has 0 saturated carbocycles. The summed E-state index contributed by atoms with van der Waals surface area (Å²) >= 11 is 0. The van der Waals surface area contributed by atoms with E-state index in [2.05, 4.69) is 5.32 Å². The molecular formula is C14H19N3O4. The Balaban J connectivity index is 1.68. The molecule has 7 nitrogen and oxygen atoms in total. The molecular weight excluding hydrogens is 274 g/mol. The number of nitrogens with one attached hydrogen (secondary N) is 1. The van der Waals surface area contributed by atoms with E-state index in [-0.39, 0.29) is 36.4 Å². The summed E-state index contributed by atoms with van der Waals surface area (Å²) in [6, 6.07) is 3.20. The fraction of sp³-hybridized carbons (Fsp3) is 0.500. The van der Waals surface area contributed by atoms with E-state index in [0.29, 0.717) is 26.2 Å². The molecule has 0 unspecified atom stereocenters. The first-order chi connectivity index (χ1) is 10.1. The minimum absolute atomic E-state index is 0.0158. The van der Waals surface area contributed by atoms with Crippen molar-refractivity contribution in [1.82, 2.24) is 15.1 Å². The zero-order valence-corrected chi connectivity index (χ0v) is 12.0. The zero-order valence-electron chi connectivity index (χ0n) is 12.0. The maximum absolute atomic E-state index is 12.0. The molecule has 0 bridgehead atoms. The van der Waals surface area contributed by atoms with Gasteiger partial charge in [0.15, 0.2) is 5.76 Å². The third-order valence-corrected chi connectivity index (χ3v) is 3.45. The van der Waals surface area contributed by atoms with Gasteiger partial charge in [0.1, 0.15) is 0 Å². The van der Waals surface area contributed by atoms with E-state index in [1.165, 1.54) is 13.2 Å². The number of furan rings is 1. The maximum atomic E-state index is 12.0. The molecule has 7 heteroatoms. The van der Waals surface area contributed by atoms with Gasteiger partial charge in [-0.1, -0.05) is 0 Å². The van der Waals surface area contributed by atoms with Crippen LogP contribution in [0.2, 0.25) is 0 Å².